The molecule has 92 valence electrons. The monoisotopic (exact) mass is 278 g/mol. The van der Waals surface area contributed by atoms with Crippen molar-refractivity contribution in [2.75, 3.05) is 0 Å². The van der Waals surface area contributed by atoms with Crippen molar-refractivity contribution >= 4 is 24.8 Å². The van der Waals surface area contributed by atoms with E-state index < -0.39 is 0 Å². The van der Waals surface area contributed by atoms with Crippen molar-refractivity contribution in [3.8, 4) is 12.1 Å². The van der Waals surface area contributed by atoms with E-state index in [1.54, 1.807) is 24.3 Å². The molecule has 2 nitrogen and oxygen atoms in total. The molecule has 0 aliphatic heterocycles. The van der Waals surface area contributed by atoms with Gasteiger partial charge in [-0.1, -0.05) is 36.4 Å². The number of nitrogens with zero attached hydrogens (tertiary/aromatic N) is 2. The summed E-state index contributed by atoms with van der Waals surface area (Å²) >= 11 is 0. The Kier molecular flexibility index (Phi) is 11.7. The average molecular weight is 279 g/mol. The Bertz CT molecular complexity index is 449. The molecule has 0 atom stereocenters. The Labute approximate surface area is 119 Å². The van der Waals surface area contributed by atoms with Crippen molar-refractivity contribution in [3.05, 3.63) is 71.8 Å². The second-order valence-corrected chi connectivity index (χ2v) is 2.96. The standard InChI is InChI=1S/2C7H5N.2ClH/c2*8-6-7-4-2-1-3-5-7;;/h2*1-5H;2*1H. The van der Waals surface area contributed by atoms with Crippen LogP contribution in [0, 0.1) is 22.7 Å². The van der Waals surface area contributed by atoms with Crippen LogP contribution in [0.25, 0.3) is 0 Å². The maximum atomic E-state index is 8.29. The molecule has 0 saturated heterocycles. The van der Waals surface area contributed by atoms with Crippen LogP contribution >= 0.6 is 24.8 Å². The molecule has 18 heavy (non-hydrogen) atoms. The van der Waals surface area contributed by atoms with Gasteiger partial charge in [-0.25, -0.2) is 0 Å². The highest BCUT2D eigenvalue weighted by atomic mass is 35.5. The molecule has 2 rings (SSSR count). The van der Waals surface area contributed by atoms with E-state index in [2.05, 4.69) is 0 Å². The molecular weight excluding hydrogens is 267 g/mol. The van der Waals surface area contributed by atoms with E-state index >= 15 is 0 Å². The molecule has 0 aliphatic carbocycles. The van der Waals surface area contributed by atoms with Gasteiger partial charge in [-0.15, -0.1) is 24.8 Å². The molecule has 0 unspecified atom stereocenters. The minimum atomic E-state index is 0. The third-order valence-electron chi connectivity index (χ3n) is 1.81. The predicted octanol–water partition coefficient (Wildman–Crippen LogP) is 3.96. The van der Waals surface area contributed by atoms with E-state index in [-0.39, 0.29) is 24.8 Å². The molecule has 0 bridgehead atoms. The minimum Gasteiger partial charge on any atom is -0.192 e. The molecule has 0 saturated carbocycles. The highest BCUT2D eigenvalue weighted by molar-refractivity contribution is 5.85. The van der Waals surface area contributed by atoms with Crippen molar-refractivity contribution in [1.29, 1.82) is 10.5 Å². The van der Waals surface area contributed by atoms with Crippen molar-refractivity contribution in [1.82, 2.24) is 0 Å². The summed E-state index contributed by atoms with van der Waals surface area (Å²) in [4.78, 5) is 0. The largest absolute Gasteiger partial charge is 0.192 e. The summed E-state index contributed by atoms with van der Waals surface area (Å²) in [5.41, 5.74) is 1.43. The number of halogens is 2. The smallest absolute Gasteiger partial charge is 0.0991 e. The topological polar surface area (TPSA) is 47.6 Å². The lowest BCUT2D eigenvalue weighted by molar-refractivity contribution is 1.49. The third-order valence-corrected chi connectivity index (χ3v) is 1.81. The molecule has 0 radical (unpaired) electrons. The fourth-order valence-corrected chi connectivity index (χ4v) is 1.03. The second-order valence-electron chi connectivity index (χ2n) is 2.96. The zero-order valence-corrected chi connectivity index (χ0v) is 11.1. The average Bonchev–Trinajstić information content (AvgIpc) is 2.41. The van der Waals surface area contributed by atoms with Gasteiger partial charge in [0.15, 0.2) is 0 Å². The summed E-state index contributed by atoms with van der Waals surface area (Å²) < 4.78 is 0. The molecule has 0 amide bonds. The molecule has 2 aromatic carbocycles. The molecule has 4 heteroatoms. The predicted molar refractivity (Wildman–Crippen MR) is 76.8 cm³/mol. The summed E-state index contributed by atoms with van der Waals surface area (Å²) in [5.74, 6) is 0. The highest BCUT2D eigenvalue weighted by Crippen LogP contribution is 1.93. The van der Waals surface area contributed by atoms with Crippen molar-refractivity contribution in [2.24, 2.45) is 0 Å². The first-order valence-corrected chi connectivity index (χ1v) is 4.77. The Morgan fingerprint density at radius 1 is 0.556 bits per heavy atom. The van der Waals surface area contributed by atoms with Crippen molar-refractivity contribution < 1.29 is 0 Å². The zero-order chi connectivity index (χ0) is 11.6. The van der Waals surface area contributed by atoms with Gasteiger partial charge in [0.25, 0.3) is 0 Å². The number of nitriles is 2. The minimum absolute atomic E-state index is 0. The van der Waals surface area contributed by atoms with Crippen LogP contribution in [0.3, 0.4) is 0 Å². The molecule has 0 heterocycles. The van der Waals surface area contributed by atoms with Gasteiger partial charge in [-0.3, -0.25) is 0 Å². The quantitative estimate of drug-likeness (QED) is 0.732. The van der Waals surface area contributed by atoms with Gasteiger partial charge < -0.3 is 0 Å². The SMILES string of the molecule is Cl.Cl.N#Cc1ccccc1.N#Cc1ccccc1. The first-order valence-electron chi connectivity index (χ1n) is 4.77. The van der Waals surface area contributed by atoms with E-state index in [1.165, 1.54) is 0 Å². The van der Waals surface area contributed by atoms with Gasteiger partial charge in [0.1, 0.15) is 0 Å². The number of hydrogen-bond acceptors (Lipinski definition) is 2. The Hall–Kier alpha value is -2.00. The van der Waals surface area contributed by atoms with Crippen molar-refractivity contribution in [3.63, 3.8) is 0 Å². The van der Waals surface area contributed by atoms with E-state index in [9.17, 15) is 0 Å². The number of benzene rings is 2. The Morgan fingerprint density at radius 2 is 0.833 bits per heavy atom. The molecule has 0 fully saturated rings. The van der Waals surface area contributed by atoms with E-state index in [0.717, 1.165) is 0 Å². The molecule has 0 aliphatic rings. The van der Waals surface area contributed by atoms with Crippen LogP contribution in [0.5, 0.6) is 0 Å². The first kappa shape index (κ1) is 18.4. The van der Waals surface area contributed by atoms with Crippen LogP contribution in [-0.4, -0.2) is 0 Å². The van der Waals surface area contributed by atoms with Crippen LogP contribution in [0.2, 0.25) is 0 Å². The number of hydrogen-bond donors (Lipinski definition) is 0. The van der Waals surface area contributed by atoms with Gasteiger partial charge in [0, 0.05) is 0 Å². The van der Waals surface area contributed by atoms with Gasteiger partial charge in [-0.05, 0) is 24.3 Å². The summed E-state index contributed by atoms with van der Waals surface area (Å²) in [6, 6.07) is 22.3. The first-order chi connectivity index (χ1) is 7.86. The summed E-state index contributed by atoms with van der Waals surface area (Å²) in [5, 5.41) is 16.6. The number of rotatable bonds is 0. The second kappa shape index (κ2) is 11.5. The molecule has 0 spiro atoms. The van der Waals surface area contributed by atoms with Gasteiger partial charge >= 0.3 is 0 Å². The summed E-state index contributed by atoms with van der Waals surface area (Å²) in [6.45, 7) is 0. The fraction of sp³-hybridized carbons (Fsp3) is 0. The van der Waals surface area contributed by atoms with Crippen LogP contribution in [0.4, 0.5) is 0 Å². The van der Waals surface area contributed by atoms with Crippen LogP contribution in [-0.2, 0) is 0 Å². The van der Waals surface area contributed by atoms with Gasteiger partial charge in [-0.2, -0.15) is 10.5 Å². The maximum Gasteiger partial charge on any atom is 0.0991 e. The van der Waals surface area contributed by atoms with Gasteiger partial charge in [0.05, 0.1) is 23.3 Å². The third kappa shape index (κ3) is 7.30. The molecular formula is C14H12Cl2N2. The molecule has 0 N–H and O–H groups in total. The lowest BCUT2D eigenvalue weighted by atomic mass is 10.2. The molecule has 0 aromatic heterocycles. The van der Waals surface area contributed by atoms with Gasteiger partial charge in [0.2, 0.25) is 0 Å². The highest BCUT2D eigenvalue weighted by Gasteiger charge is 1.80. The summed E-state index contributed by atoms with van der Waals surface area (Å²) in [6.07, 6.45) is 0. The lowest BCUT2D eigenvalue weighted by Gasteiger charge is -1.80. The zero-order valence-electron chi connectivity index (χ0n) is 9.48. The normalized spacial score (nSPS) is 7.00. The van der Waals surface area contributed by atoms with E-state index in [4.69, 9.17) is 10.5 Å². The fourth-order valence-electron chi connectivity index (χ4n) is 1.03. The Balaban J connectivity index is 0. The maximum absolute atomic E-state index is 8.29. The van der Waals surface area contributed by atoms with Crippen LogP contribution in [0.15, 0.2) is 60.7 Å². The summed E-state index contributed by atoms with van der Waals surface area (Å²) in [7, 11) is 0. The van der Waals surface area contributed by atoms with Crippen LogP contribution in [0.1, 0.15) is 11.1 Å². The van der Waals surface area contributed by atoms with E-state index in [0.29, 0.717) is 11.1 Å². The van der Waals surface area contributed by atoms with E-state index in [1.807, 2.05) is 48.5 Å². The van der Waals surface area contributed by atoms with Crippen LogP contribution < -0.4 is 0 Å². The molecule has 2 aromatic rings. The lowest BCUT2D eigenvalue weighted by Crippen LogP contribution is -1.66. The Morgan fingerprint density at radius 3 is 1.00 bits per heavy atom. The van der Waals surface area contributed by atoms with Crippen molar-refractivity contribution in [2.45, 2.75) is 0 Å².